The van der Waals surface area contributed by atoms with E-state index in [1.165, 1.54) is 0 Å². The van der Waals surface area contributed by atoms with Crippen LogP contribution in [0.4, 0.5) is 0 Å². The lowest BCUT2D eigenvalue weighted by atomic mass is 10.0. The fourth-order valence-electron chi connectivity index (χ4n) is 1.50. The van der Waals surface area contributed by atoms with E-state index in [0.717, 1.165) is 0 Å². The van der Waals surface area contributed by atoms with Gasteiger partial charge in [0.1, 0.15) is 7.50 Å². The molecule has 0 heterocycles. The summed E-state index contributed by atoms with van der Waals surface area (Å²) in [6.07, 6.45) is 0.425. The lowest BCUT2D eigenvalue weighted by Crippen LogP contribution is -2.19. The first-order valence-electron chi connectivity index (χ1n) is 4.95. The number of halogens is 1. The third-order valence-electron chi connectivity index (χ3n) is 2.03. The summed E-state index contributed by atoms with van der Waals surface area (Å²) in [7, 11) is -0.913. The first kappa shape index (κ1) is 14.2. The normalized spacial score (nSPS) is 13.6. The highest BCUT2D eigenvalue weighted by Crippen LogP contribution is 2.53. The number of hydrogen-bond acceptors (Lipinski definition) is 2. The molecule has 0 aliphatic carbocycles. The van der Waals surface area contributed by atoms with Crippen LogP contribution in [0.15, 0.2) is 0 Å². The van der Waals surface area contributed by atoms with Gasteiger partial charge in [-0.25, -0.2) is 0 Å². The van der Waals surface area contributed by atoms with E-state index in [1.807, 2.05) is 6.07 Å². The van der Waals surface area contributed by atoms with E-state index < -0.39 is 7.50 Å². The molecular weight excluding hydrogens is 217 g/mol. The largest absolute Gasteiger partial charge is 0.342 e. The second-order valence-corrected chi connectivity index (χ2v) is 6.39. The van der Waals surface area contributed by atoms with Gasteiger partial charge in [0.25, 0.3) is 0 Å². The summed E-state index contributed by atoms with van der Waals surface area (Å²) in [5.41, 5.74) is 0.408. The van der Waals surface area contributed by atoms with Crippen LogP contribution >= 0.6 is 18.7 Å². The quantitative estimate of drug-likeness (QED) is 0.512. The molecule has 0 saturated heterocycles. The van der Waals surface area contributed by atoms with Crippen LogP contribution in [0, 0.1) is 23.2 Å². The Morgan fingerprint density at radius 3 is 2.14 bits per heavy atom. The highest BCUT2D eigenvalue weighted by Gasteiger charge is 2.26. The summed E-state index contributed by atoms with van der Waals surface area (Å²) >= 11 is 6.21. The van der Waals surface area contributed by atoms with Crippen molar-refractivity contribution in [2.75, 3.05) is 6.61 Å². The van der Waals surface area contributed by atoms with E-state index in [1.54, 1.807) is 0 Å². The van der Waals surface area contributed by atoms with Gasteiger partial charge in [0, 0.05) is 5.66 Å². The first-order valence-corrected chi connectivity index (χ1v) is 7.19. The summed E-state index contributed by atoms with van der Waals surface area (Å²) in [4.78, 5) is 0. The molecule has 0 aliphatic rings. The lowest BCUT2D eigenvalue weighted by molar-refractivity contribution is 0.346. The van der Waals surface area contributed by atoms with Gasteiger partial charge < -0.3 is 4.52 Å². The third kappa shape index (κ3) is 5.15. The predicted octanol–water partition coefficient (Wildman–Crippen LogP) is 4.15. The molecule has 0 rings (SSSR count). The molecule has 0 bridgehead atoms. The maximum absolute atomic E-state index is 8.37. The van der Waals surface area contributed by atoms with Gasteiger partial charge in [0.2, 0.25) is 0 Å². The Balaban J connectivity index is 4.03. The minimum Gasteiger partial charge on any atom is -0.342 e. The van der Waals surface area contributed by atoms with E-state index in [9.17, 15) is 0 Å². The molecule has 82 valence electrons. The summed E-state index contributed by atoms with van der Waals surface area (Å²) in [6.45, 7) is 9.11. The van der Waals surface area contributed by atoms with E-state index in [4.69, 9.17) is 21.0 Å². The Morgan fingerprint density at radius 2 is 1.79 bits per heavy atom. The van der Waals surface area contributed by atoms with Gasteiger partial charge in [-0.3, -0.25) is 0 Å². The summed E-state index contributed by atoms with van der Waals surface area (Å²) in [5.74, 6) is 1.06. The zero-order valence-corrected chi connectivity index (χ0v) is 11.0. The Labute approximate surface area is 93.2 Å². The van der Waals surface area contributed by atoms with Crippen LogP contribution in [0.3, 0.4) is 0 Å². The number of nitriles is 1. The van der Waals surface area contributed by atoms with Crippen LogP contribution in [0.2, 0.25) is 0 Å². The Bertz CT molecular complexity index is 183. The van der Waals surface area contributed by atoms with Gasteiger partial charge in [-0.05, 0) is 11.8 Å². The maximum atomic E-state index is 8.37. The first-order chi connectivity index (χ1) is 6.50. The third-order valence-corrected chi connectivity index (χ3v) is 5.09. The fourth-order valence-corrected chi connectivity index (χ4v) is 4.44. The highest BCUT2D eigenvalue weighted by molar-refractivity contribution is 7.80. The van der Waals surface area contributed by atoms with E-state index in [-0.39, 0.29) is 0 Å². The van der Waals surface area contributed by atoms with Crippen molar-refractivity contribution in [3.63, 3.8) is 0 Å². The zero-order valence-electron chi connectivity index (χ0n) is 9.33. The Morgan fingerprint density at radius 1 is 1.29 bits per heavy atom. The molecule has 0 amide bonds. The Hall–Kier alpha value is 0.170. The van der Waals surface area contributed by atoms with Gasteiger partial charge >= 0.3 is 0 Å². The molecule has 0 aromatic carbocycles. The average molecular weight is 236 g/mol. The van der Waals surface area contributed by atoms with E-state index >= 15 is 0 Å². The van der Waals surface area contributed by atoms with Crippen LogP contribution in [0.25, 0.3) is 0 Å². The number of rotatable bonds is 6. The molecule has 4 heteroatoms. The second-order valence-electron chi connectivity index (χ2n) is 3.99. The van der Waals surface area contributed by atoms with Crippen LogP contribution in [0.1, 0.15) is 34.1 Å². The van der Waals surface area contributed by atoms with Crippen molar-refractivity contribution in [3.05, 3.63) is 0 Å². The molecule has 2 nitrogen and oxygen atoms in total. The molecular formula is C10H19ClNOP. The topological polar surface area (TPSA) is 33.0 Å². The Kier molecular flexibility index (Phi) is 7.55. The summed E-state index contributed by atoms with van der Waals surface area (Å²) in [5, 5.41) is 8.37. The summed E-state index contributed by atoms with van der Waals surface area (Å²) in [6, 6.07) is 2.05. The molecule has 0 spiro atoms. The van der Waals surface area contributed by atoms with Crippen molar-refractivity contribution < 1.29 is 4.52 Å². The highest BCUT2D eigenvalue weighted by atomic mass is 35.7. The maximum Gasteiger partial charge on any atom is 0.128 e. The number of nitrogens with zero attached hydrogens (tertiary/aromatic N) is 1. The zero-order chi connectivity index (χ0) is 11.1. The van der Waals surface area contributed by atoms with Gasteiger partial charge in [-0.1, -0.05) is 38.9 Å². The van der Waals surface area contributed by atoms with Gasteiger partial charge in [-0.2, -0.15) is 5.26 Å². The molecule has 0 fully saturated rings. The van der Waals surface area contributed by atoms with Gasteiger partial charge in [0.15, 0.2) is 0 Å². The van der Waals surface area contributed by atoms with Gasteiger partial charge in [-0.15, -0.1) is 0 Å². The monoisotopic (exact) mass is 235 g/mol. The SMILES string of the molecule is CC(C)C(C(C)C)P(Cl)OCCC#N. The van der Waals surface area contributed by atoms with Crippen molar-refractivity contribution in [3.8, 4) is 6.07 Å². The molecule has 0 aliphatic heterocycles. The van der Waals surface area contributed by atoms with Crippen molar-refractivity contribution in [2.24, 2.45) is 11.8 Å². The molecule has 1 unspecified atom stereocenters. The fraction of sp³-hybridized carbons (Fsp3) is 0.900. The lowest BCUT2D eigenvalue weighted by Gasteiger charge is -2.28. The summed E-state index contributed by atoms with van der Waals surface area (Å²) < 4.78 is 5.47. The van der Waals surface area contributed by atoms with Crippen molar-refractivity contribution in [1.82, 2.24) is 0 Å². The molecule has 0 N–H and O–H groups in total. The molecule has 0 radical (unpaired) electrons. The number of hydrogen-bond donors (Lipinski definition) is 0. The minimum absolute atomic E-state index is 0.408. The predicted molar refractivity (Wildman–Crippen MR) is 62.4 cm³/mol. The van der Waals surface area contributed by atoms with Crippen LogP contribution in [-0.2, 0) is 4.52 Å². The van der Waals surface area contributed by atoms with Crippen molar-refractivity contribution in [2.45, 2.75) is 39.8 Å². The van der Waals surface area contributed by atoms with Crippen LogP contribution in [-0.4, -0.2) is 12.3 Å². The molecule has 0 saturated carbocycles. The van der Waals surface area contributed by atoms with Crippen LogP contribution < -0.4 is 0 Å². The van der Waals surface area contributed by atoms with Crippen molar-refractivity contribution >= 4 is 18.7 Å². The molecule has 0 aromatic heterocycles. The minimum atomic E-state index is -0.913. The molecule has 1 atom stereocenters. The van der Waals surface area contributed by atoms with Crippen molar-refractivity contribution in [1.29, 1.82) is 5.26 Å². The van der Waals surface area contributed by atoms with E-state index in [0.29, 0.717) is 30.5 Å². The average Bonchev–Trinajstić information content (AvgIpc) is 2.03. The van der Waals surface area contributed by atoms with Gasteiger partial charge in [0.05, 0.1) is 19.1 Å². The van der Waals surface area contributed by atoms with Crippen LogP contribution in [0.5, 0.6) is 0 Å². The molecule has 14 heavy (non-hydrogen) atoms. The van der Waals surface area contributed by atoms with E-state index in [2.05, 4.69) is 27.7 Å². The standard InChI is InChI=1S/C10H19ClNOP/c1-8(2)10(9(3)4)14(11)13-7-5-6-12/h8-10H,5,7H2,1-4H3. The smallest absolute Gasteiger partial charge is 0.128 e. The second kappa shape index (κ2) is 7.46. The molecule has 0 aromatic rings.